The number of carbonyl (C=O) groups is 1. The Morgan fingerprint density at radius 2 is 1.67 bits per heavy atom. The molecule has 0 aliphatic rings. The number of methoxy groups -OCH3 is 1. The smallest absolute Gasteiger partial charge is 0.338 e. The van der Waals surface area contributed by atoms with E-state index in [4.69, 9.17) is 4.74 Å². The fourth-order valence-corrected chi connectivity index (χ4v) is 4.04. The van der Waals surface area contributed by atoms with Gasteiger partial charge in [0.2, 0.25) is 0 Å². The van der Waals surface area contributed by atoms with Gasteiger partial charge in [-0.25, -0.2) is 9.18 Å². The number of ether oxygens (including phenoxy) is 1. The van der Waals surface area contributed by atoms with E-state index >= 15 is 0 Å². The molecule has 0 atom stereocenters. The number of nitrogens with zero attached hydrogens (tertiary/aromatic N) is 3. The van der Waals surface area contributed by atoms with E-state index in [1.165, 1.54) is 24.9 Å². The molecule has 7 heteroatoms. The van der Waals surface area contributed by atoms with Gasteiger partial charge in [0.15, 0.2) is 11.0 Å². The maximum absolute atomic E-state index is 14.5. The summed E-state index contributed by atoms with van der Waals surface area (Å²) in [6.45, 7) is 0. The average Bonchev–Trinajstić information content (AvgIpc) is 3.22. The SMILES string of the molecule is COC(=O)c1ccccc1CSc1nnc(-c2ccccc2F)n1-c1ccccc1. The van der Waals surface area contributed by atoms with Crippen LogP contribution in [0.5, 0.6) is 0 Å². The lowest BCUT2D eigenvalue weighted by atomic mass is 10.1. The molecule has 0 amide bonds. The Morgan fingerprint density at radius 1 is 0.967 bits per heavy atom. The quantitative estimate of drug-likeness (QED) is 0.319. The molecule has 3 aromatic carbocycles. The molecule has 150 valence electrons. The molecule has 0 spiro atoms. The maximum atomic E-state index is 14.5. The molecule has 1 heterocycles. The van der Waals surface area contributed by atoms with Crippen LogP contribution in [0.2, 0.25) is 0 Å². The van der Waals surface area contributed by atoms with Crippen molar-refractivity contribution in [1.82, 2.24) is 14.8 Å². The Balaban J connectivity index is 1.73. The summed E-state index contributed by atoms with van der Waals surface area (Å²) in [5, 5.41) is 9.18. The predicted octanol–water partition coefficient (Wildman–Crippen LogP) is 5.15. The highest BCUT2D eigenvalue weighted by Gasteiger charge is 2.19. The van der Waals surface area contributed by atoms with Crippen molar-refractivity contribution < 1.29 is 13.9 Å². The van der Waals surface area contributed by atoms with E-state index in [-0.39, 0.29) is 11.8 Å². The van der Waals surface area contributed by atoms with Gasteiger partial charge in [0, 0.05) is 11.4 Å². The van der Waals surface area contributed by atoms with Crippen LogP contribution >= 0.6 is 11.8 Å². The van der Waals surface area contributed by atoms with Crippen LogP contribution in [0.3, 0.4) is 0 Å². The zero-order valence-corrected chi connectivity index (χ0v) is 17.0. The lowest BCUT2D eigenvalue weighted by Gasteiger charge is -2.11. The van der Waals surface area contributed by atoms with Crippen LogP contribution in [0.15, 0.2) is 84.0 Å². The highest BCUT2D eigenvalue weighted by molar-refractivity contribution is 7.98. The second-order valence-electron chi connectivity index (χ2n) is 6.39. The molecule has 4 rings (SSSR count). The van der Waals surface area contributed by atoms with Crippen LogP contribution in [-0.4, -0.2) is 27.8 Å². The maximum Gasteiger partial charge on any atom is 0.338 e. The van der Waals surface area contributed by atoms with Crippen molar-refractivity contribution >= 4 is 17.7 Å². The van der Waals surface area contributed by atoms with Gasteiger partial charge < -0.3 is 4.74 Å². The number of hydrogen-bond acceptors (Lipinski definition) is 5. The van der Waals surface area contributed by atoms with E-state index in [1.54, 1.807) is 30.3 Å². The second kappa shape index (κ2) is 8.92. The van der Waals surface area contributed by atoms with E-state index in [2.05, 4.69) is 10.2 Å². The molecular formula is C23H18FN3O2S. The molecule has 0 saturated carbocycles. The van der Waals surface area contributed by atoms with Gasteiger partial charge >= 0.3 is 5.97 Å². The lowest BCUT2D eigenvalue weighted by molar-refractivity contribution is 0.0600. The van der Waals surface area contributed by atoms with E-state index in [9.17, 15) is 9.18 Å². The predicted molar refractivity (Wildman–Crippen MR) is 114 cm³/mol. The molecule has 0 saturated heterocycles. The topological polar surface area (TPSA) is 57.0 Å². The largest absolute Gasteiger partial charge is 0.465 e. The molecule has 0 aliphatic heterocycles. The average molecular weight is 419 g/mol. The Bertz CT molecular complexity index is 1180. The molecule has 1 aromatic heterocycles. The summed E-state index contributed by atoms with van der Waals surface area (Å²) in [4.78, 5) is 12.1. The minimum Gasteiger partial charge on any atom is -0.465 e. The molecule has 0 unspecified atom stereocenters. The zero-order chi connectivity index (χ0) is 20.9. The molecule has 4 aromatic rings. The molecule has 5 nitrogen and oxygen atoms in total. The number of carbonyl (C=O) groups excluding carboxylic acids is 1. The van der Waals surface area contributed by atoms with Crippen molar-refractivity contribution in [1.29, 1.82) is 0 Å². The van der Waals surface area contributed by atoms with Crippen LogP contribution < -0.4 is 0 Å². The molecular weight excluding hydrogens is 401 g/mol. The van der Waals surface area contributed by atoms with Gasteiger partial charge in [-0.15, -0.1) is 10.2 Å². The number of aromatic nitrogens is 3. The molecule has 0 N–H and O–H groups in total. The zero-order valence-electron chi connectivity index (χ0n) is 16.2. The van der Waals surface area contributed by atoms with Crippen molar-refractivity contribution in [3.05, 3.63) is 95.8 Å². The Hall–Kier alpha value is -3.45. The fraction of sp³-hybridized carbons (Fsp3) is 0.0870. The third kappa shape index (κ3) is 3.97. The monoisotopic (exact) mass is 419 g/mol. The van der Waals surface area contributed by atoms with Gasteiger partial charge in [0.05, 0.1) is 18.2 Å². The van der Waals surface area contributed by atoms with Gasteiger partial charge in [0.25, 0.3) is 0 Å². The summed E-state index contributed by atoms with van der Waals surface area (Å²) in [6, 6.07) is 23.3. The number of halogens is 1. The summed E-state index contributed by atoms with van der Waals surface area (Å²) >= 11 is 1.42. The lowest BCUT2D eigenvalue weighted by Crippen LogP contribution is -2.05. The van der Waals surface area contributed by atoms with E-state index < -0.39 is 0 Å². The first-order valence-electron chi connectivity index (χ1n) is 9.24. The molecule has 0 bridgehead atoms. The number of thioether (sulfide) groups is 1. The number of para-hydroxylation sites is 1. The standard InChI is InChI=1S/C23H18FN3O2S/c1-29-22(28)18-12-6-5-9-16(18)15-30-23-26-25-21(19-13-7-8-14-20(19)24)27(23)17-10-3-2-4-11-17/h2-14H,15H2,1H3. The van der Waals surface area contributed by atoms with E-state index in [0.717, 1.165) is 11.3 Å². The fourth-order valence-electron chi connectivity index (χ4n) is 3.09. The first kappa shape index (κ1) is 19.8. The molecule has 30 heavy (non-hydrogen) atoms. The Morgan fingerprint density at radius 3 is 2.43 bits per heavy atom. The summed E-state index contributed by atoms with van der Waals surface area (Å²) in [5.41, 5.74) is 2.53. The van der Waals surface area contributed by atoms with Gasteiger partial charge in [-0.3, -0.25) is 4.57 Å². The number of benzene rings is 3. The van der Waals surface area contributed by atoms with Crippen LogP contribution in [-0.2, 0) is 10.5 Å². The van der Waals surface area contributed by atoms with Crippen molar-refractivity contribution in [2.24, 2.45) is 0 Å². The van der Waals surface area contributed by atoms with Gasteiger partial charge in [-0.1, -0.05) is 60.3 Å². The summed E-state index contributed by atoms with van der Waals surface area (Å²) < 4.78 is 21.2. The van der Waals surface area contributed by atoms with Crippen molar-refractivity contribution in [2.45, 2.75) is 10.9 Å². The number of rotatable bonds is 6. The third-order valence-electron chi connectivity index (χ3n) is 4.54. The van der Waals surface area contributed by atoms with Gasteiger partial charge in [-0.05, 0) is 35.9 Å². The van der Waals surface area contributed by atoms with Crippen LogP contribution in [0.25, 0.3) is 17.1 Å². The van der Waals surface area contributed by atoms with Crippen LogP contribution in [0.1, 0.15) is 15.9 Å². The Labute approximate surface area is 177 Å². The molecule has 0 fully saturated rings. The number of hydrogen-bond donors (Lipinski definition) is 0. The summed E-state index contributed by atoms with van der Waals surface area (Å²) in [7, 11) is 1.36. The van der Waals surface area contributed by atoms with E-state index in [1.807, 2.05) is 47.0 Å². The van der Waals surface area contributed by atoms with Crippen molar-refractivity contribution in [3.8, 4) is 17.1 Å². The highest BCUT2D eigenvalue weighted by atomic mass is 32.2. The van der Waals surface area contributed by atoms with Crippen LogP contribution in [0.4, 0.5) is 4.39 Å². The third-order valence-corrected chi connectivity index (χ3v) is 5.52. The van der Waals surface area contributed by atoms with Gasteiger partial charge in [-0.2, -0.15) is 0 Å². The first-order chi connectivity index (χ1) is 14.7. The molecule has 0 radical (unpaired) electrons. The summed E-state index contributed by atoms with van der Waals surface area (Å²) in [5.74, 6) is 0.147. The van der Waals surface area contributed by atoms with Gasteiger partial charge in [0.1, 0.15) is 5.82 Å². The van der Waals surface area contributed by atoms with Crippen molar-refractivity contribution in [2.75, 3.05) is 7.11 Å². The van der Waals surface area contributed by atoms with Crippen molar-refractivity contribution in [3.63, 3.8) is 0 Å². The highest BCUT2D eigenvalue weighted by Crippen LogP contribution is 2.31. The normalized spacial score (nSPS) is 10.7. The van der Waals surface area contributed by atoms with E-state index in [0.29, 0.717) is 27.9 Å². The number of esters is 1. The Kier molecular flexibility index (Phi) is 5.90. The second-order valence-corrected chi connectivity index (χ2v) is 7.34. The summed E-state index contributed by atoms with van der Waals surface area (Å²) in [6.07, 6.45) is 0. The molecule has 0 aliphatic carbocycles. The minimum atomic E-state index is -0.386. The minimum absolute atomic E-state index is 0.366. The van der Waals surface area contributed by atoms with Crippen LogP contribution in [0, 0.1) is 5.82 Å². The first-order valence-corrected chi connectivity index (χ1v) is 10.2.